The molecule has 3 aromatic rings. The second-order valence-electron chi connectivity index (χ2n) is 5.61. The predicted molar refractivity (Wildman–Crippen MR) is 84.0 cm³/mol. The summed E-state index contributed by atoms with van der Waals surface area (Å²) in [5, 5.41) is 4.81. The van der Waals surface area contributed by atoms with E-state index in [1.165, 1.54) is 40.6 Å². The highest BCUT2D eigenvalue weighted by Crippen LogP contribution is 2.41. The van der Waals surface area contributed by atoms with Gasteiger partial charge in [0, 0.05) is 29.3 Å². The second kappa shape index (κ2) is 4.71. The molecule has 4 rings (SSSR count). The van der Waals surface area contributed by atoms with Crippen molar-refractivity contribution in [3.63, 3.8) is 0 Å². The summed E-state index contributed by atoms with van der Waals surface area (Å²) in [4.78, 5) is 3.23. The summed E-state index contributed by atoms with van der Waals surface area (Å²) < 4.78 is 0. The van der Waals surface area contributed by atoms with E-state index in [0.717, 1.165) is 12.5 Å². The van der Waals surface area contributed by atoms with E-state index < -0.39 is 0 Å². The van der Waals surface area contributed by atoms with Crippen LogP contribution in [-0.4, -0.2) is 4.98 Å². The van der Waals surface area contributed by atoms with Crippen molar-refractivity contribution in [1.29, 1.82) is 0 Å². The minimum absolute atomic E-state index is 0.806. The van der Waals surface area contributed by atoms with Crippen LogP contribution in [0.5, 0.6) is 0 Å². The largest absolute Gasteiger partial charge is 0.381 e. The van der Waals surface area contributed by atoms with E-state index >= 15 is 0 Å². The number of benzene rings is 2. The fourth-order valence-corrected chi connectivity index (χ4v) is 2.85. The fraction of sp³-hybridized carbons (Fsp3) is 0.222. The highest BCUT2D eigenvalue weighted by atomic mass is 14.9. The number of fused-ring (bicyclic) bond motifs is 1. The molecule has 2 nitrogen and oxygen atoms in total. The van der Waals surface area contributed by atoms with Gasteiger partial charge in [-0.15, -0.1) is 0 Å². The first-order valence-corrected chi connectivity index (χ1v) is 7.29. The zero-order valence-corrected chi connectivity index (χ0v) is 11.4. The summed E-state index contributed by atoms with van der Waals surface area (Å²) in [6.45, 7) is 0.905. The van der Waals surface area contributed by atoms with Crippen LogP contribution in [0, 0.1) is 0 Å². The second-order valence-corrected chi connectivity index (χ2v) is 5.61. The van der Waals surface area contributed by atoms with Gasteiger partial charge < -0.3 is 10.3 Å². The third kappa shape index (κ3) is 2.18. The molecule has 0 spiro atoms. The lowest BCUT2D eigenvalue weighted by Gasteiger charge is -2.11. The summed E-state index contributed by atoms with van der Waals surface area (Å²) in [5.74, 6) is 0.806. The molecular formula is C18H18N2. The molecule has 0 unspecified atom stereocenters. The first-order valence-electron chi connectivity index (χ1n) is 7.29. The van der Waals surface area contributed by atoms with Crippen molar-refractivity contribution >= 4 is 16.6 Å². The average Bonchev–Trinajstić information content (AvgIpc) is 3.23. The van der Waals surface area contributed by atoms with Gasteiger partial charge >= 0.3 is 0 Å². The zero-order chi connectivity index (χ0) is 13.4. The van der Waals surface area contributed by atoms with Gasteiger partial charge in [-0.1, -0.05) is 24.3 Å². The Morgan fingerprint density at radius 3 is 2.85 bits per heavy atom. The number of aromatic nitrogens is 1. The average molecular weight is 262 g/mol. The molecule has 2 heteroatoms. The maximum Gasteiger partial charge on any atom is 0.0455 e. The quantitative estimate of drug-likeness (QED) is 0.703. The van der Waals surface area contributed by atoms with Crippen molar-refractivity contribution < 1.29 is 0 Å². The molecule has 1 aliphatic rings. The molecule has 1 fully saturated rings. The van der Waals surface area contributed by atoms with Crippen molar-refractivity contribution in [1.82, 2.24) is 4.98 Å². The normalized spacial score (nSPS) is 14.6. The third-order valence-corrected chi connectivity index (χ3v) is 4.11. The van der Waals surface area contributed by atoms with Crippen LogP contribution in [0.25, 0.3) is 10.9 Å². The van der Waals surface area contributed by atoms with Crippen LogP contribution in [0.1, 0.15) is 29.9 Å². The first-order chi connectivity index (χ1) is 9.90. The van der Waals surface area contributed by atoms with Crippen LogP contribution in [0.3, 0.4) is 0 Å². The van der Waals surface area contributed by atoms with E-state index in [1.807, 2.05) is 6.20 Å². The Bertz CT molecular complexity index is 738. The minimum Gasteiger partial charge on any atom is -0.381 e. The van der Waals surface area contributed by atoms with Gasteiger partial charge in [0.15, 0.2) is 0 Å². The van der Waals surface area contributed by atoms with Crippen molar-refractivity contribution in [2.45, 2.75) is 25.3 Å². The van der Waals surface area contributed by atoms with Gasteiger partial charge in [0.2, 0.25) is 0 Å². The minimum atomic E-state index is 0.806. The summed E-state index contributed by atoms with van der Waals surface area (Å²) in [6.07, 6.45) is 4.69. The van der Waals surface area contributed by atoms with Crippen molar-refractivity contribution in [3.05, 3.63) is 65.9 Å². The Kier molecular flexibility index (Phi) is 2.73. The highest BCUT2D eigenvalue weighted by molar-refractivity contribution is 5.82. The van der Waals surface area contributed by atoms with Crippen LogP contribution in [0.15, 0.2) is 54.7 Å². The Morgan fingerprint density at radius 2 is 1.95 bits per heavy atom. The molecule has 1 aliphatic carbocycles. The lowest BCUT2D eigenvalue weighted by Crippen LogP contribution is -2.02. The van der Waals surface area contributed by atoms with E-state index in [2.05, 4.69) is 58.8 Å². The molecule has 0 radical (unpaired) electrons. The topological polar surface area (TPSA) is 27.8 Å². The van der Waals surface area contributed by atoms with Crippen LogP contribution in [0.2, 0.25) is 0 Å². The lowest BCUT2D eigenvalue weighted by atomic mass is 10.0. The number of hydrogen-bond acceptors (Lipinski definition) is 1. The fourth-order valence-electron chi connectivity index (χ4n) is 2.85. The molecule has 20 heavy (non-hydrogen) atoms. The number of aromatic amines is 1. The van der Waals surface area contributed by atoms with Crippen molar-refractivity contribution in [2.75, 3.05) is 5.32 Å². The van der Waals surface area contributed by atoms with Gasteiger partial charge in [0.1, 0.15) is 0 Å². The third-order valence-electron chi connectivity index (χ3n) is 4.11. The van der Waals surface area contributed by atoms with Gasteiger partial charge in [-0.25, -0.2) is 0 Å². The van der Waals surface area contributed by atoms with Gasteiger partial charge in [0.25, 0.3) is 0 Å². The Labute approximate surface area is 118 Å². The van der Waals surface area contributed by atoms with E-state index in [1.54, 1.807) is 0 Å². The molecule has 0 bridgehead atoms. The molecule has 1 saturated carbocycles. The van der Waals surface area contributed by atoms with E-state index in [9.17, 15) is 0 Å². The lowest BCUT2D eigenvalue weighted by molar-refractivity contribution is 1.04. The van der Waals surface area contributed by atoms with Crippen molar-refractivity contribution in [3.8, 4) is 0 Å². The van der Waals surface area contributed by atoms with Gasteiger partial charge in [-0.3, -0.25) is 0 Å². The number of H-pyrrole nitrogens is 1. The van der Waals surface area contributed by atoms with Gasteiger partial charge in [0.05, 0.1) is 0 Å². The summed E-state index contributed by atoms with van der Waals surface area (Å²) in [7, 11) is 0. The zero-order valence-electron chi connectivity index (χ0n) is 11.4. The monoisotopic (exact) mass is 262 g/mol. The first kappa shape index (κ1) is 11.6. The molecular weight excluding hydrogens is 244 g/mol. The number of hydrogen-bond donors (Lipinski definition) is 2. The molecule has 1 heterocycles. The molecule has 100 valence electrons. The summed E-state index contributed by atoms with van der Waals surface area (Å²) in [6, 6.07) is 17.4. The Morgan fingerprint density at radius 1 is 1.05 bits per heavy atom. The molecule has 2 N–H and O–H groups in total. The van der Waals surface area contributed by atoms with Crippen LogP contribution < -0.4 is 5.32 Å². The van der Waals surface area contributed by atoms with Crippen molar-refractivity contribution in [2.24, 2.45) is 0 Å². The predicted octanol–water partition coefficient (Wildman–Crippen LogP) is 4.66. The molecule has 0 amide bonds. The molecule has 1 aromatic heterocycles. The molecule has 0 aliphatic heterocycles. The number of rotatable bonds is 4. The molecule has 0 saturated heterocycles. The molecule has 2 aromatic carbocycles. The van der Waals surface area contributed by atoms with E-state index in [0.29, 0.717) is 0 Å². The van der Waals surface area contributed by atoms with Crippen LogP contribution in [-0.2, 0) is 6.54 Å². The standard InChI is InChI=1S/C18H18N2/c1-2-4-17(13-5-6-13)15(3-1)12-20-16-7-8-18-14(11-16)9-10-19-18/h1-4,7-11,13,19-20H,5-6,12H2. The SMILES string of the molecule is c1ccc(C2CC2)c(CNc2ccc3[nH]ccc3c2)c1. The van der Waals surface area contributed by atoms with Gasteiger partial charge in [-0.05, 0) is 54.2 Å². The summed E-state index contributed by atoms with van der Waals surface area (Å²) in [5.41, 5.74) is 5.34. The van der Waals surface area contributed by atoms with Crippen LogP contribution in [0.4, 0.5) is 5.69 Å². The maximum atomic E-state index is 3.55. The van der Waals surface area contributed by atoms with E-state index in [-0.39, 0.29) is 0 Å². The Hall–Kier alpha value is -2.22. The smallest absolute Gasteiger partial charge is 0.0455 e. The number of anilines is 1. The van der Waals surface area contributed by atoms with E-state index in [4.69, 9.17) is 0 Å². The highest BCUT2D eigenvalue weighted by Gasteiger charge is 2.25. The maximum absolute atomic E-state index is 3.55. The van der Waals surface area contributed by atoms with Gasteiger partial charge in [-0.2, -0.15) is 0 Å². The van der Waals surface area contributed by atoms with Crippen LogP contribution >= 0.6 is 0 Å². The molecule has 0 atom stereocenters. The number of nitrogens with one attached hydrogen (secondary N) is 2. The Balaban J connectivity index is 1.54. The summed E-state index contributed by atoms with van der Waals surface area (Å²) >= 11 is 0.